The summed E-state index contributed by atoms with van der Waals surface area (Å²) in [7, 11) is 0. The van der Waals surface area contributed by atoms with Crippen LogP contribution in [-0.2, 0) is 0 Å². The number of hydrogen-bond acceptors (Lipinski definition) is 4. The molecule has 12 heavy (non-hydrogen) atoms. The lowest BCUT2D eigenvalue weighted by Crippen LogP contribution is -2.29. The molecule has 0 aliphatic carbocycles. The molecular formula is C8H22N2O2. The van der Waals surface area contributed by atoms with Crippen LogP contribution in [0.1, 0.15) is 27.7 Å². The van der Waals surface area contributed by atoms with Crippen molar-refractivity contribution in [1.29, 1.82) is 0 Å². The zero-order valence-electron chi connectivity index (χ0n) is 8.46. The highest BCUT2D eigenvalue weighted by molar-refractivity contribution is 4.63. The summed E-state index contributed by atoms with van der Waals surface area (Å²) in [5.41, 5.74) is 8.75. The van der Waals surface area contributed by atoms with Gasteiger partial charge in [0.1, 0.15) is 0 Å². The molecule has 76 valence electrons. The Morgan fingerprint density at radius 1 is 0.833 bits per heavy atom. The Kier molecular flexibility index (Phi) is 6.56. The Hall–Kier alpha value is -0.160. The molecule has 6 N–H and O–H groups in total. The first-order chi connectivity index (χ1) is 5.12. The standard InChI is InChI=1S/2C4H11NO/c2*1-4(2,6)3-5/h2*6H,3,5H2,1-2H3. The lowest BCUT2D eigenvalue weighted by atomic mass is 10.1. The van der Waals surface area contributed by atoms with E-state index in [2.05, 4.69) is 0 Å². The molecule has 0 rings (SSSR count). The third-order valence-electron chi connectivity index (χ3n) is 0.999. The fourth-order valence-electron chi connectivity index (χ4n) is 0. The van der Waals surface area contributed by atoms with Gasteiger partial charge < -0.3 is 21.7 Å². The van der Waals surface area contributed by atoms with Crippen LogP contribution in [0.4, 0.5) is 0 Å². The van der Waals surface area contributed by atoms with E-state index in [1.807, 2.05) is 0 Å². The van der Waals surface area contributed by atoms with Crippen LogP contribution in [0.3, 0.4) is 0 Å². The second kappa shape index (κ2) is 5.48. The first-order valence-electron chi connectivity index (χ1n) is 3.97. The fraction of sp³-hybridized carbons (Fsp3) is 1.00. The summed E-state index contributed by atoms with van der Waals surface area (Å²) < 4.78 is 0. The van der Waals surface area contributed by atoms with Gasteiger partial charge in [0.25, 0.3) is 0 Å². The molecular weight excluding hydrogens is 156 g/mol. The predicted molar refractivity (Wildman–Crippen MR) is 50.7 cm³/mol. The molecule has 0 aromatic carbocycles. The van der Waals surface area contributed by atoms with Crippen LogP contribution in [0.5, 0.6) is 0 Å². The van der Waals surface area contributed by atoms with Crippen molar-refractivity contribution < 1.29 is 10.2 Å². The second-order valence-corrected chi connectivity index (χ2v) is 4.03. The van der Waals surface area contributed by atoms with Crippen LogP contribution < -0.4 is 11.5 Å². The monoisotopic (exact) mass is 178 g/mol. The summed E-state index contributed by atoms with van der Waals surface area (Å²) in [6, 6.07) is 0. The Labute approximate surface area is 74.6 Å². The average Bonchev–Trinajstić information content (AvgIpc) is 1.86. The van der Waals surface area contributed by atoms with Gasteiger partial charge in [0.2, 0.25) is 0 Å². The number of aliphatic hydroxyl groups is 2. The topological polar surface area (TPSA) is 92.5 Å². The van der Waals surface area contributed by atoms with Crippen LogP contribution in [0, 0.1) is 0 Å². The Balaban J connectivity index is 0. The van der Waals surface area contributed by atoms with Gasteiger partial charge in [-0.25, -0.2) is 0 Å². The molecule has 0 amide bonds. The summed E-state index contributed by atoms with van der Waals surface area (Å²) >= 11 is 0. The molecule has 0 aliphatic heterocycles. The molecule has 0 unspecified atom stereocenters. The first-order valence-corrected chi connectivity index (χ1v) is 3.97. The van der Waals surface area contributed by atoms with Crippen LogP contribution in [-0.4, -0.2) is 34.5 Å². The molecule has 0 heterocycles. The van der Waals surface area contributed by atoms with Crippen LogP contribution >= 0.6 is 0 Å². The molecule has 0 aliphatic rings. The van der Waals surface area contributed by atoms with E-state index in [1.165, 1.54) is 0 Å². The van der Waals surface area contributed by atoms with E-state index in [9.17, 15) is 0 Å². The molecule has 0 fully saturated rings. The van der Waals surface area contributed by atoms with Crippen LogP contribution in [0.25, 0.3) is 0 Å². The molecule has 0 saturated carbocycles. The van der Waals surface area contributed by atoms with Gasteiger partial charge in [-0.3, -0.25) is 0 Å². The van der Waals surface area contributed by atoms with Crippen LogP contribution in [0.2, 0.25) is 0 Å². The van der Waals surface area contributed by atoms with E-state index >= 15 is 0 Å². The molecule has 0 radical (unpaired) electrons. The zero-order chi connectivity index (χ0) is 10.4. The highest BCUT2D eigenvalue weighted by atomic mass is 16.3. The zero-order valence-corrected chi connectivity index (χ0v) is 8.46. The summed E-state index contributed by atoms with van der Waals surface area (Å²) in [5, 5.41) is 17.4. The molecule has 0 saturated heterocycles. The van der Waals surface area contributed by atoms with E-state index in [4.69, 9.17) is 21.7 Å². The molecule has 0 aromatic heterocycles. The van der Waals surface area contributed by atoms with E-state index in [0.29, 0.717) is 13.1 Å². The Bertz CT molecular complexity index is 88.6. The predicted octanol–water partition coefficient (Wildman–Crippen LogP) is -0.568. The maximum atomic E-state index is 8.70. The van der Waals surface area contributed by atoms with Gasteiger partial charge in [-0.05, 0) is 27.7 Å². The van der Waals surface area contributed by atoms with Crippen LogP contribution in [0.15, 0.2) is 0 Å². The van der Waals surface area contributed by atoms with E-state index in [1.54, 1.807) is 27.7 Å². The molecule has 4 nitrogen and oxygen atoms in total. The van der Waals surface area contributed by atoms with Crippen molar-refractivity contribution in [2.75, 3.05) is 13.1 Å². The lowest BCUT2D eigenvalue weighted by molar-refractivity contribution is 0.0892. The molecule has 0 atom stereocenters. The van der Waals surface area contributed by atoms with Gasteiger partial charge in [0.15, 0.2) is 0 Å². The van der Waals surface area contributed by atoms with Crippen molar-refractivity contribution >= 4 is 0 Å². The summed E-state index contributed by atoms with van der Waals surface area (Å²) in [5.74, 6) is 0. The van der Waals surface area contributed by atoms with Crippen molar-refractivity contribution in [3.8, 4) is 0 Å². The molecule has 0 aromatic rings. The van der Waals surface area contributed by atoms with Crippen molar-refractivity contribution in [3.05, 3.63) is 0 Å². The van der Waals surface area contributed by atoms with Crippen molar-refractivity contribution in [3.63, 3.8) is 0 Å². The Morgan fingerprint density at radius 3 is 0.917 bits per heavy atom. The third-order valence-corrected chi connectivity index (χ3v) is 0.999. The highest BCUT2D eigenvalue weighted by Gasteiger charge is 2.06. The quantitative estimate of drug-likeness (QED) is 0.456. The first kappa shape index (κ1) is 14.4. The van der Waals surface area contributed by atoms with Gasteiger partial charge in [0.05, 0.1) is 11.2 Å². The van der Waals surface area contributed by atoms with Gasteiger partial charge in [-0.2, -0.15) is 0 Å². The van der Waals surface area contributed by atoms with E-state index in [-0.39, 0.29) is 0 Å². The van der Waals surface area contributed by atoms with Gasteiger partial charge >= 0.3 is 0 Å². The van der Waals surface area contributed by atoms with Gasteiger partial charge in [0, 0.05) is 13.1 Å². The summed E-state index contributed by atoms with van der Waals surface area (Å²) in [4.78, 5) is 0. The van der Waals surface area contributed by atoms with E-state index < -0.39 is 11.2 Å². The fourth-order valence-corrected chi connectivity index (χ4v) is 0. The normalized spacial score (nSPS) is 12.0. The van der Waals surface area contributed by atoms with Gasteiger partial charge in [-0.1, -0.05) is 0 Å². The molecule has 0 spiro atoms. The minimum Gasteiger partial charge on any atom is -0.389 e. The van der Waals surface area contributed by atoms with Crippen molar-refractivity contribution in [1.82, 2.24) is 0 Å². The Morgan fingerprint density at radius 2 is 0.917 bits per heavy atom. The van der Waals surface area contributed by atoms with Crippen molar-refractivity contribution in [2.24, 2.45) is 11.5 Å². The number of hydrogen-bond donors (Lipinski definition) is 4. The lowest BCUT2D eigenvalue weighted by Gasteiger charge is -2.11. The van der Waals surface area contributed by atoms with Crippen molar-refractivity contribution in [2.45, 2.75) is 38.9 Å². The largest absolute Gasteiger partial charge is 0.389 e. The molecule has 0 bridgehead atoms. The number of rotatable bonds is 2. The third kappa shape index (κ3) is 22.5. The maximum absolute atomic E-state index is 8.70. The highest BCUT2D eigenvalue weighted by Crippen LogP contribution is 1.93. The minimum absolute atomic E-state index is 0.326. The van der Waals surface area contributed by atoms with Gasteiger partial charge in [-0.15, -0.1) is 0 Å². The van der Waals surface area contributed by atoms with E-state index in [0.717, 1.165) is 0 Å². The smallest absolute Gasteiger partial charge is 0.0713 e. The SMILES string of the molecule is CC(C)(O)CN.CC(C)(O)CN. The minimum atomic E-state index is -0.681. The second-order valence-electron chi connectivity index (χ2n) is 4.03. The molecule has 4 heteroatoms. The average molecular weight is 178 g/mol. The summed E-state index contributed by atoms with van der Waals surface area (Å²) in [6.45, 7) is 7.35. The number of nitrogens with two attached hydrogens (primary N) is 2. The summed E-state index contributed by atoms with van der Waals surface area (Å²) in [6.07, 6.45) is 0. The maximum Gasteiger partial charge on any atom is 0.0713 e.